The fourth-order valence-corrected chi connectivity index (χ4v) is 3.70. The van der Waals surface area contributed by atoms with Crippen LogP contribution in [0.1, 0.15) is 15.9 Å². The Morgan fingerprint density at radius 1 is 1.00 bits per heavy atom. The Balaban J connectivity index is 1.88. The maximum Gasteiger partial charge on any atom is 0.262 e. The van der Waals surface area contributed by atoms with Crippen molar-refractivity contribution >= 4 is 27.3 Å². The fraction of sp³-hybridized carbons (Fsp3) is 0.0952. The summed E-state index contributed by atoms with van der Waals surface area (Å²) in [5, 5.41) is 2.70. The van der Waals surface area contributed by atoms with Gasteiger partial charge in [-0.15, -0.1) is 0 Å². The Bertz CT molecular complexity index is 1160. The number of hydrogen-bond donors (Lipinski definition) is 2. The van der Waals surface area contributed by atoms with Gasteiger partial charge in [-0.05, 0) is 48.9 Å². The van der Waals surface area contributed by atoms with Gasteiger partial charge in [-0.2, -0.15) is 0 Å². The van der Waals surface area contributed by atoms with Crippen molar-refractivity contribution in [1.29, 1.82) is 0 Å². The summed E-state index contributed by atoms with van der Waals surface area (Å²) in [6.45, 7) is 1.54. The summed E-state index contributed by atoms with van der Waals surface area (Å²) in [6, 6.07) is 16.6. The van der Waals surface area contributed by atoms with Crippen molar-refractivity contribution in [2.45, 2.75) is 11.8 Å². The number of anilines is 2. The molecule has 0 heterocycles. The van der Waals surface area contributed by atoms with E-state index >= 15 is 0 Å². The van der Waals surface area contributed by atoms with Crippen LogP contribution in [0.15, 0.2) is 71.6 Å². The molecule has 29 heavy (non-hydrogen) atoms. The van der Waals surface area contributed by atoms with Crippen molar-refractivity contribution < 1.29 is 22.3 Å². The monoisotopic (exact) mass is 414 g/mol. The average Bonchev–Trinajstić information content (AvgIpc) is 2.70. The zero-order valence-corrected chi connectivity index (χ0v) is 16.6. The number of halogens is 1. The van der Waals surface area contributed by atoms with E-state index in [1.54, 1.807) is 36.4 Å². The number of rotatable bonds is 6. The topological polar surface area (TPSA) is 84.5 Å². The SMILES string of the molecule is COc1cccc(NC(=O)c2ccccc2NS(=O)(=O)c2ccc(C)c(F)c2)c1. The number of hydrogen-bond acceptors (Lipinski definition) is 4. The maximum absolute atomic E-state index is 13.8. The fourth-order valence-electron chi connectivity index (χ4n) is 2.61. The summed E-state index contributed by atoms with van der Waals surface area (Å²) in [5.41, 5.74) is 1.02. The molecule has 1 amide bonds. The Morgan fingerprint density at radius 2 is 1.76 bits per heavy atom. The van der Waals surface area contributed by atoms with Crippen molar-refractivity contribution in [3.63, 3.8) is 0 Å². The molecule has 0 aromatic heterocycles. The maximum atomic E-state index is 13.8. The Labute approximate surface area is 168 Å². The minimum absolute atomic E-state index is 0.0777. The van der Waals surface area contributed by atoms with E-state index in [4.69, 9.17) is 4.74 Å². The first-order valence-corrected chi connectivity index (χ1v) is 10.1. The second-order valence-corrected chi connectivity index (χ2v) is 7.93. The van der Waals surface area contributed by atoms with E-state index in [1.807, 2.05) is 0 Å². The van der Waals surface area contributed by atoms with Crippen LogP contribution in [0.25, 0.3) is 0 Å². The number of carbonyl (C=O) groups excluding carboxylic acids is 1. The van der Waals surface area contributed by atoms with Gasteiger partial charge in [0.05, 0.1) is 23.3 Å². The zero-order chi connectivity index (χ0) is 21.0. The zero-order valence-electron chi connectivity index (χ0n) is 15.8. The van der Waals surface area contributed by atoms with E-state index in [0.29, 0.717) is 17.0 Å². The van der Waals surface area contributed by atoms with Crippen LogP contribution < -0.4 is 14.8 Å². The highest BCUT2D eigenvalue weighted by molar-refractivity contribution is 7.92. The summed E-state index contributed by atoms with van der Waals surface area (Å²) in [7, 11) is -2.57. The van der Waals surface area contributed by atoms with Crippen LogP contribution in [-0.4, -0.2) is 21.4 Å². The standard InChI is InChI=1S/C21H19FN2O4S/c1-14-10-11-17(13-19(14)22)29(26,27)24-20-9-4-3-8-18(20)21(25)23-15-6-5-7-16(12-15)28-2/h3-13,24H,1-2H3,(H,23,25). The van der Waals surface area contributed by atoms with Gasteiger partial charge >= 0.3 is 0 Å². The van der Waals surface area contributed by atoms with Gasteiger partial charge in [-0.3, -0.25) is 9.52 Å². The van der Waals surface area contributed by atoms with Gasteiger partial charge < -0.3 is 10.1 Å². The number of para-hydroxylation sites is 1. The van der Waals surface area contributed by atoms with Crippen molar-refractivity contribution in [3.05, 3.63) is 83.7 Å². The highest BCUT2D eigenvalue weighted by atomic mass is 32.2. The molecule has 3 aromatic rings. The van der Waals surface area contributed by atoms with Crippen molar-refractivity contribution in [2.24, 2.45) is 0 Å². The number of methoxy groups -OCH3 is 1. The van der Waals surface area contributed by atoms with Gasteiger partial charge in [0.15, 0.2) is 0 Å². The van der Waals surface area contributed by atoms with E-state index in [2.05, 4.69) is 10.0 Å². The van der Waals surface area contributed by atoms with Crippen LogP contribution >= 0.6 is 0 Å². The van der Waals surface area contributed by atoms with Crippen molar-refractivity contribution in [3.8, 4) is 5.75 Å². The molecular weight excluding hydrogens is 395 g/mol. The van der Waals surface area contributed by atoms with E-state index in [1.165, 1.54) is 38.3 Å². The number of sulfonamides is 1. The molecule has 0 fully saturated rings. The molecule has 2 N–H and O–H groups in total. The first kappa shape index (κ1) is 20.3. The minimum Gasteiger partial charge on any atom is -0.497 e. The van der Waals surface area contributed by atoms with E-state index in [0.717, 1.165) is 6.07 Å². The minimum atomic E-state index is -4.08. The predicted molar refractivity (Wildman–Crippen MR) is 109 cm³/mol. The molecule has 150 valence electrons. The average molecular weight is 414 g/mol. The largest absolute Gasteiger partial charge is 0.497 e. The smallest absolute Gasteiger partial charge is 0.262 e. The summed E-state index contributed by atoms with van der Waals surface area (Å²) < 4.78 is 46.6. The second-order valence-electron chi connectivity index (χ2n) is 6.25. The molecular formula is C21H19FN2O4S. The molecule has 3 aromatic carbocycles. The molecule has 0 radical (unpaired) electrons. The number of aryl methyl sites for hydroxylation is 1. The highest BCUT2D eigenvalue weighted by Gasteiger charge is 2.19. The van der Waals surface area contributed by atoms with Crippen LogP contribution in [0.2, 0.25) is 0 Å². The molecule has 3 rings (SSSR count). The van der Waals surface area contributed by atoms with Gasteiger partial charge in [0.25, 0.3) is 15.9 Å². The summed E-state index contributed by atoms with van der Waals surface area (Å²) >= 11 is 0. The number of carbonyl (C=O) groups is 1. The van der Waals surface area contributed by atoms with E-state index < -0.39 is 21.7 Å². The molecule has 0 atom stereocenters. The summed E-state index contributed by atoms with van der Waals surface area (Å²) in [5.74, 6) is -0.568. The van der Waals surface area contributed by atoms with Crippen molar-refractivity contribution in [1.82, 2.24) is 0 Å². The van der Waals surface area contributed by atoms with Crippen LogP contribution in [0, 0.1) is 12.7 Å². The van der Waals surface area contributed by atoms with E-state index in [-0.39, 0.29) is 16.1 Å². The number of benzene rings is 3. The first-order chi connectivity index (χ1) is 13.8. The number of ether oxygens (including phenoxy) is 1. The van der Waals surface area contributed by atoms with Crippen LogP contribution in [0.4, 0.5) is 15.8 Å². The molecule has 0 unspecified atom stereocenters. The quantitative estimate of drug-likeness (QED) is 0.633. The molecule has 0 aliphatic carbocycles. The van der Waals surface area contributed by atoms with E-state index in [9.17, 15) is 17.6 Å². The Morgan fingerprint density at radius 3 is 2.48 bits per heavy atom. The summed E-state index contributed by atoms with van der Waals surface area (Å²) in [6.07, 6.45) is 0. The predicted octanol–water partition coefficient (Wildman–Crippen LogP) is 4.20. The lowest BCUT2D eigenvalue weighted by atomic mass is 10.1. The molecule has 6 nitrogen and oxygen atoms in total. The lowest BCUT2D eigenvalue weighted by molar-refractivity contribution is 0.102. The second kappa shape index (κ2) is 8.32. The summed E-state index contributed by atoms with van der Waals surface area (Å²) in [4.78, 5) is 12.5. The Kier molecular flexibility index (Phi) is 5.84. The van der Waals surface area contributed by atoms with Gasteiger partial charge in [0.2, 0.25) is 0 Å². The molecule has 8 heteroatoms. The molecule has 0 aliphatic heterocycles. The molecule has 0 bridgehead atoms. The lowest BCUT2D eigenvalue weighted by Gasteiger charge is -2.13. The molecule has 0 aliphatic rings. The third kappa shape index (κ3) is 4.72. The lowest BCUT2D eigenvalue weighted by Crippen LogP contribution is -2.18. The van der Waals surface area contributed by atoms with Gasteiger partial charge in [-0.25, -0.2) is 12.8 Å². The molecule has 0 saturated carbocycles. The number of nitrogens with one attached hydrogen (secondary N) is 2. The third-order valence-electron chi connectivity index (χ3n) is 4.20. The van der Waals surface area contributed by atoms with Gasteiger partial charge in [0, 0.05) is 11.8 Å². The molecule has 0 saturated heterocycles. The van der Waals surface area contributed by atoms with Gasteiger partial charge in [-0.1, -0.05) is 24.3 Å². The van der Waals surface area contributed by atoms with Crippen LogP contribution in [-0.2, 0) is 10.0 Å². The highest BCUT2D eigenvalue weighted by Crippen LogP contribution is 2.23. The number of amides is 1. The Hall–Kier alpha value is -3.39. The first-order valence-electron chi connectivity index (χ1n) is 8.63. The normalized spacial score (nSPS) is 11.0. The van der Waals surface area contributed by atoms with Crippen LogP contribution in [0.5, 0.6) is 5.75 Å². The molecule has 0 spiro atoms. The third-order valence-corrected chi connectivity index (χ3v) is 5.56. The van der Waals surface area contributed by atoms with Crippen LogP contribution in [0.3, 0.4) is 0 Å². The van der Waals surface area contributed by atoms with Crippen molar-refractivity contribution in [2.75, 3.05) is 17.1 Å². The van der Waals surface area contributed by atoms with Gasteiger partial charge in [0.1, 0.15) is 11.6 Å².